The number of benzene rings is 1. The van der Waals surface area contributed by atoms with E-state index in [9.17, 15) is 9.18 Å². The highest BCUT2D eigenvalue weighted by molar-refractivity contribution is 5.77. The molecule has 0 radical (unpaired) electrons. The second kappa shape index (κ2) is 10.6. The number of H-pyrrole nitrogens is 1. The van der Waals surface area contributed by atoms with E-state index in [1.807, 2.05) is 43.4 Å². The molecule has 2 atom stereocenters. The molecule has 3 rings (SSSR count). The van der Waals surface area contributed by atoms with Gasteiger partial charge in [0.2, 0.25) is 5.91 Å². The molecule has 0 saturated carbocycles. The summed E-state index contributed by atoms with van der Waals surface area (Å²) in [7, 11) is 0. The molecule has 2 aromatic rings. The lowest BCUT2D eigenvalue weighted by atomic mass is 10.0. The van der Waals surface area contributed by atoms with Gasteiger partial charge in [-0.15, -0.1) is 0 Å². The average molecular weight is 410 g/mol. The molecule has 0 unspecified atom stereocenters. The number of hydrogen-bond acceptors (Lipinski definition) is 4. The summed E-state index contributed by atoms with van der Waals surface area (Å²) in [4.78, 5) is 19.2. The molecule has 0 aliphatic carbocycles. The van der Waals surface area contributed by atoms with Crippen molar-refractivity contribution in [2.75, 3.05) is 6.54 Å². The predicted molar refractivity (Wildman–Crippen MR) is 116 cm³/mol. The van der Waals surface area contributed by atoms with Crippen LogP contribution in [-0.2, 0) is 11.2 Å². The topological polar surface area (TPSA) is 87.9 Å². The van der Waals surface area contributed by atoms with Crippen LogP contribution in [0.5, 0.6) is 0 Å². The van der Waals surface area contributed by atoms with E-state index in [0.29, 0.717) is 30.2 Å². The van der Waals surface area contributed by atoms with Crippen LogP contribution in [0.15, 0.2) is 54.6 Å². The minimum Gasteiger partial charge on any atom is -0.332 e. The van der Waals surface area contributed by atoms with E-state index in [4.69, 9.17) is 5.73 Å². The zero-order valence-electron chi connectivity index (χ0n) is 17.2. The first-order chi connectivity index (χ1) is 14.6. The number of nitrogens with one attached hydrogen (secondary N) is 1. The first-order valence-corrected chi connectivity index (χ1v) is 10.2. The molecule has 1 saturated heterocycles. The summed E-state index contributed by atoms with van der Waals surface area (Å²) in [6.07, 6.45) is 13.6. The Bertz CT molecular complexity index is 933. The maximum Gasteiger partial charge on any atom is 0.224 e. The standard InChI is InChI=1S/C23H28FN5O/c1-2-3-4-5-6-13-21-26-23(28-27-21)20-12-9-14-29(20)22(30)16-18(25)15-17-10-7-8-11-19(17)24/h2-8,10-11,13,18,20H,9,12,14-16,25H2,1H3,(H,26,27,28)/b3-2-,5-4+,13-6+/t18-,20+/m1/s1. The molecule has 0 spiro atoms. The van der Waals surface area contributed by atoms with Crippen molar-refractivity contribution in [3.05, 3.63) is 77.7 Å². The number of aromatic amines is 1. The summed E-state index contributed by atoms with van der Waals surface area (Å²) in [5.74, 6) is 0.928. The lowest BCUT2D eigenvalue weighted by Gasteiger charge is -2.24. The van der Waals surface area contributed by atoms with Gasteiger partial charge in [-0.25, -0.2) is 9.37 Å². The third-order valence-electron chi connectivity index (χ3n) is 5.06. The minimum absolute atomic E-state index is 0.0379. The van der Waals surface area contributed by atoms with E-state index < -0.39 is 6.04 Å². The van der Waals surface area contributed by atoms with Crippen LogP contribution >= 0.6 is 0 Å². The highest BCUT2D eigenvalue weighted by Gasteiger charge is 2.32. The van der Waals surface area contributed by atoms with Crippen molar-refractivity contribution in [3.63, 3.8) is 0 Å². The molecule has 7 heteroatoms. The fourth-order valence-corrected chi connectivity index (χ4v) is 3.60. The molecule has 1 aliphatic heterocycles. The van der Waals surface area contributed by atoms with Crippen molar-refractivity contribution in [2.24, 2.45) is 5.73 Å². The van der Waals surface area contributed by atoms with Crippen LogP contribution in [-0.4, -0.2) is 38.6 Å². The average Bonchev–Trinajstić information content (AvgIpc) is 3.39. The summed E-state index contributed by atoms with van der Waals surface area (Å²) >= 11 is 0. The van der Waals surface area contributed by atoms with Crippen LogP contribution in [0, 0.1) is 5.82 Å². The first kappa shape index (κ1) is 21.6. The van der Waals surface area contributed by atoms with Crippen molar-refractivity contribution < 1.29 is 9.18 Å². The first-order valence-electron chi connectivity index (χ1n) is 10.2. The summed E-state index contributed by atoms with van der Waals surface area (Å²) in [6.45, 7) is 2.62. The minimum atomic E-state index is -0.437. The van der Waals surface area contributed by atoms with Gasteiger partial charge in [-0.1, -0.05) is 48.6 Å². The number of carbonyl (C=O) groups excluding carboxylic acids is 1. The zero-order chi connectivity index (χ0) is 21.3. The molecular formula is C23H28FN5O. The number of halogens is 1. The maximum absolute atomic E-state index is 13.8. The Kier molecular flexibility index (Phi) is 7.68. The van der Waals surface area contributed by atoms with Crippen molar-refractivity contribution in [1.82, 2.24) is 20.1 Å². The van der Waals surface area contributed by atoms with Crippen LogP contribution in [0.3, 0.4) is 0 Å². The second-order valence-electron chi connectivity index (χ2n) is 7.35. The van der Waals surface area contributed by atoms with E-state index in [2.05, 4.69) is 15.2 Å². The third-order valence-corrected chi connectivity index (χ3v) is 5.06. The highest BCUT2D eigenvalue weighted by Crippen LogP contribution is 2.30. The van der Waals surface area contributed by atoms with Crippen LogP contribution in [0.2, 0.25) is 0 Å². The summed E-state index contributed by atoms with van der Waals surface area (Å²) in [6, 6.07) is 5.96. The Morgan fingerprint density at radius 2 is 2.13 bits per heavy atom. The zero-order valence-corrected chi connectivity index (χ0v) is 17.2. The molecule has 1 fully saturated rings. The largest absolute Gasteiger partial charge is 0.332 e. The summed E-state index contributed by atoms with van der Waals surface area (Å²) < 4.78 is 13.8. The van der Waals surface area contributed by atoms with Gasteiger partial charge in [0.25, 0.3) is 0 Å². The van der Waals surface area contributed by atoms with Gasteiger partial charge in [0.1, 0.15) is 11.6 Å². The fourth-order valence-electron chi connectivity index (χ4n) is 3.60. The number of aromatic nitrogens is 3. The fraction of sp³-hybridized carbons (Fsp3) is 0.348. The normalized spacial score (nSPS) is 18.2. The Morgan fingerprint density at radius 1 is 1.33 bits per heavy atom. The molecule has 1 aromatic carbocycles. The van der Waals surface area contributed by atoms with Crippen molar-refractivity contribution in [2.45, 2.75) is 44.7 Å². The summed E-state index contributed by atoms with van der Waals surface area (Å²) in [5, 5.41) is 7.18. The molecule has 158 valence electrons. The monoisotopic (exact) mass is 409 g/mol. The Morgan fingerprint density at radius 3 is 2.93 bits per heavy atom. The van der Waals surface area contributed by atoms with Crippen molar-refractivity contribution in [3.8, 4) is 0 Å². The number of likely N-dealkylation sites (tertiary alicyclic amines) is 1. The van der Waals surface area contributed by atoms with Gasteiger partial charge in [0.05, 0.1) is 6.04 Å². The van der Waals surface area contributed by atoms with E-state index >= 15 is 0 Å². The number of hydrogen-bond donors (Lipinski definition) is 2. The smallest absolute Gasteiger partial charge is 0.224 e. The number of carbonyl (C=O) groups is 1. The Balaban J connectivity index is 1.60. The molecule has 30 heavy (non-hydrogen) atoms. The highest BCUT2D eigenvalue weighted by atomic mass is 19.1. The molecular weight excluding hydrogens is 381 g/mol. The van der Waals surface area contributed by atoms with Gasteiger partial charge >= 0.3 is 0 Å². The van der Waals surface area contributed by atoms with Gasteiger partial charge in [0.15, 0.2) is 5.82 Å². The number of allylic oxidation sites excluding steroid dienone is 5. The summed E-state index contributed by atoms with van der Waals surface area (Å²) in [5.41, 5.74) is 6.68. The Hall–Kier alpha value is -3.06. The van der Waals surface area contributed by atoms with Gasteiger partial charge in [-0.3, -0.25) is 9.89 Å². The van der Waals surface area contributed by atoms with Crippen LogP contribution in [0.25, 0.3) is 6.08 Å². The molecule has 1 amide bonds. The Labute approximate surface area is 176 Å². The lowest BCUT2D eigenvalue weighted by Crippen LogP contribution is -2.36. The quantitative estimate of drug-likeness (QED) is 0.651. The third kappa shape index (κ3) is 5.73. The number of amides is 1. The van der Waals surface area contributed by atoms with E-state index in [0.717, 1.165) is 12.8 Å². The van der Waals surface area contributed by atoms with E-state index in [-0.39, 0.29) is 24.2 Å². The second-order valence-corrected chi connectivity index (χ2v) is 7.35. The predicted octanol–water partition coefficient (Wildman–Crippen LogP) is 3.71. The maximum atomic E-state index is 13.8. The lowest BCUT2D eigenvalue weighted by molar-refractivity contribution is -0.132. The van der Waals surface area contributed by atoms with E-state index in [1.165, 1.54) is 6.07 Å². The number of nitrogens with zero attached hydrogens (tertiary/aromatic N) is 3. The molecule has 6 nitrogen and oxygen atoms in total. The van der Waals surface area contributed by atoms with Crippen molar-refractivity contribution >= 4 is 12.0 Å². The number of rotatable bonds is 8. The SMILES string of the molecule is C\C=C/C=C/C=C/c1n[nH]c([C@@H]2CCCN2C(=O)C[C@H](N)Cc2ccccc2F)n1. The molecule has 3 N–H and O–H groups in total. The molecule has 1 aromatic heterocycles. The van der Waals surface area contributed by atoms with Crippen LogP contribution in [0.4, 0.5) is 4.39 Å². The van der Waals surface area contributed by atoms with Crippen LogP contribution in [0.1, 0.15) is 49.4 Å². The number of nitrogens with two attached hydrogens (primary N) is 1. The molecule has 0 bridgehead atoms. The van der Waals surface area contributed by atoms with Gasteiger partial charge in [-0.05, 0) is 43.9 Å². The van der Waals surface area contributed by atoms with Crippen LogP contribution < -0.4 is 5.73 Å². The van der Waals surface area contributed by atoms with E-state index in [1.54, 1.807) is 23.1 Å². The van der Waals surface area contributed by atoms with Gasteiger partial charge in [-0.2, -0.15) is 5.10 Å². The molecule has 1 aliphatic rings. The molecule has 2 heterocycles. The van der Waals surface area contributed by atoms with Crippen molar-refractivity contribution in [1.29, 1.82) is 0 Å². The van der Waals surface area contributed by atoms with Gasteiger partial charge in [0, 0.05) is 19.0 Å². The van der Waals surface area contributed by atoms with Gasteiger partial charge < -0.3 is 10.6 Å².